The van der Waals surface area contributed by atoms with Crippen LogP contribution in [0.3, 0.4) is 0 Å². The average Bonchev–Trinajstić information content (AvgIpc) is 1.00. The Kier molecular flexibility index (Phi) is 92.1. The molecule has 4 heavy (non-hydrogen) atoms. The quantitative estimate of drug-likeness (QED) is 0.429. The van der Waals surface area contributed by atoms with Gasteiger partial charge in [0.1, 0.15) is 0 Å². The van der Waals surface area contributed by atoms with E-state index in [-0.39, 0.29) is 43.0 Å². The third-order valence-electron chi connectivity index (χ3n) is 0. The Morgan fingerprint density at radius 3 is 1.25 bits per heavy atom. The molecule has 1 N–H and O–H groups in total. The molecule has 0 amide bonds. The maximum absolute atomic E-state index is 6.92. The van der Waals surface area contributed by atoms with Gasteiger partial charge in [0.2, 0.25) is 0 Å². The summed E-state index contributed by atoms with van der Waals surface area (Å²) in [6, 6.07) is 0. The van der Waals surface area contributed by atoms with Crippen molar-refractivity contribution in [3.63, 3.8) is 0 Å². The predicted molar refractivity (Wildman–Crippen MR) is 21.9 cm³/mol. The molecular formula is H6BiCoOP. The van der Waals surface area contributed by atoms with Gasteiger partial charge in [-0.2, -0.15) is 0 Å². The van der Waals surface area contributed by atoms with E-state index in [1.165, 1.54) is 9.47 Å². The van der Waals surface area contributed by atoms with Gasteiger partial charge >= 0.3 is 26.2 Å². The molecular weight excluding hydrogens is 315 g/mol. The van der Waals surface area contributed by atoms with Gasteiger partial charge in [-0.15, -0.1) is 0 Å². The molecule has 0 aliphatic heterocycles. The van der Waals surface area contributed by atoms with Crippen molar-refractivity contribution in [1.82, 2.24) is 0 Å². The van der Waals surface area contributed by atoms with Crippen molar-refractivity contribution < 1.29 is 21.7 Å². The van der Waals surface area contributed by atoms with Gasteiger partial charge in [-0.25, -0.2) is 0 Å². The standard InChI is InChI=1S/Bi.Co.H3OP.3H/c;;1-2;;;/h;;1H,2H2;;;. The fourth-order valence-corrected chi connectivity index (χ4v) is 0. The van der Waals surface area contributed by atoms with Crippen LogP contribution in [0, 0.1) is 0 Å². The molecule has 0 aromatic carbocycles. The Balaban J connectivity index is -0.00000000500. The summed E-state index contributed by atoms with van der Waals surface area (Å²) in [5.74, 6) is 0. The van der Waals surface area contributed by atoms with Crippen LogP contribution >= 0.6 is 9.47 Å². The summed E-state index contributed by atoms with van der Waals surface area (Å²) in [6.45, 7) is 0. The van der Waals surface area contributed by atoms with Gasteiger partial charge in [-0.05, 0) is 9.47 Å². The van der Waals surface area contributed by atoms with E-state index in [4.69, 9.17) is 4.89 Å². The first-order valence-corrected chi connectivity index (χ1v) is 0.775. The zero-order valence-electron chi connectivity index (χ0n) is 2.07. The van der Waals surface area contributed by atoms with Crippen LogP contribution < -0.4 is 0 Å². The van der Waals surface area contributed by atoms with Gasteiger partial charge < -0.3 is 4.89 Å². The zero-order chi connectivity index (χ0) is 2.00. The van der Waals surface area contributed by atoms with Crippen LogP contribution in [0.1, 0.15) is 0 Å². The molecule has 0 saturated heterocycles. The molecule has 1 atom stereocenters. The van der Waals surface area contributed by atoms with E-state index in [1.807, 2.05) is 0 Å². The molecule has 31 valence electrons. The van der Waals surface area contributed by atoms with Gasteiger partial charge in [0.15, 0.2) is 0 Å². The van der Waals surface area contributed by atoms with Crippen molar-refractivity contribution in [3.05, 3.63) is 0 Å². The molecule has 0 saturated carbocycles. The second kappa shape index (κ2) is 21.6. The fourth-order valence-electron chi connectivity index (χ4n) is 0. The Bertz CT molecular complexity index is 8.00. The van der Waals surface area contributed by atoms with Crippen molar-refractivity contribution in [1.29, 1.82) is 0 Å². The summed E-state index contributed by atoms with van der Waals surface area (Å²) in [6.07, 6.45) is 0. The SMILES string of the molecule is OP.[BiH3].[Co]. The minimum absolute atomic E-state index is 0. The van der Waals surface area contributed by atoms with Gasteiger partial charge in [0.25, 0.3) is 0 Å². The van der Waals surface area contributed by atoms with Gasteiger partial charge in [-0.3, -0.25) is 0 Å². The first-order valence-electron chi connectivity index (χ1n) is 0.258. The van der Waals surface area contributed by atoms with Crippen molar-refractivity contribution in [2.75, 3.05) is 0 Å². The largest absolute Gasteiger partial charge is 0 e. The molecule has 1 radical (unpaired) electrons. The average molecular weight is 321 g/mol. The molecule has 0 aromatic heterocycles. The molecule has 0 fully saturated rings. The van der Waals surface area contributed by atoms with Crippen LogP contribution in [0.4, 0.5) is 0 Å². The molecule has 0 rings (SSSR count). The van der Waals surface area contributed by atoms with Gasteiger partial charge in [0, 0.05) is 16.8 Å². The number of rotatable bonds is 0. The van der Waals surface area contributed by atoms with E-state index >= 15 is 0 Å². The summed E-state index contributed by atoms with van der Waals surface area (Å²) in [7, 11) is 1.42. The molecule has 0 aromatic rings. The van der Waals surface area contributed by atoms with Crippen LogP contribution in [0.5, 0.6) is 0 Å². The molecule has 1 nitrogen and oxygen atoms in total. The molecule has 0 bridgehead atoms. The van der Waals surface area contributed by atoms with E-state index < -0.39 is 0 Å². The molecule has 0 aliphatic rings. The summed E-state index contributed by atoms with van der Waals surface area (Å²) in [4.78, 5) is 6.92. The van der Waals surface area contributed by atoms with Crippen molar-refractivity contribution in [2.24, 2.45) is 0 Å². The summed E-state index contributed by atoms with van der Waals surface area (Å²) in [5.41, 5.74) is 0. The van der Waals surface area contributed by atoms with E-state index in [2.05, 4.69) is 0 Å². The van der Waals surface area contributed by atoms with E-state index in [1.54, 1.807) is 0 Å². The van der Waals surface area contributed by atoms with Crippen LogP contribution in [0.15, 0.2) is 0 Å². The number of hydrogen-bond acceptors (Lipinski definition) is 1. The Morgan fingerprint density at radius 1 is 1.25 bits per heavy atom. The Morgan fingerprint density at radius 2 is 1.25 bits per heavy atom. The van der Waals surface area contributed by atoms with Gasteiger partial charge in [0.05, 0.1) is 0 Å². The first-order chi connectivity index (χ1) is 1.00. The minimum atomic E-state index is 0. The number of hydrogen-bond donors (Lipinski definition) is 1. The predicted octanol–water partition coefficient (Wildman–Crippen LogP) is -1.42. The molecule has 0 aliphatic carbocycles. The Hall–Kier alpha value is 1.78. The summed E-state index contributed by atoms with van der Waals surface area (Å²) >= 11 is 0. The van der Waals surface area contributed by atoms with Crippen molar-refractivity contribution >= 4 is 35.7 Å². The van der Waals surface area contributed by atoms with Crippen LogP contribution in [0.2, 0.25) is 0 Å². The molecule has 1 unspecified atom stereocenters. The minimum Gasteiger partial charge on any atom is 0 e. The van der Waals surface area contributed by atoms with E-state index in [9.17, 15) is 0 Å². The van der Waals surface area contributed by atoms with Crippen LogP contribution in [-0.4, -0.2) is 31.1 Å². The zero-order valence-corrected chi connectivity index (χ0v) is 9.76. The van der Waals surface area contributed by atoms with Crippen molar-refractivity contribution in [3.8, 4) is 0 Å². The second-order valence-corrected chi connectivity index (χ2v) is 0. The molecule has 0 heterocycles. The molecule has 4 heteroatoms. The topological polar surface area (TPSA) is 20.2 Å². The van der Waals surface area contributed by atoms with E-state index in [0.717, 1.165) is 0 Å². The maximum atomic E-state index is 6.92. The first kappa shape index (κ1) is 17.1. The third-order valence-corrected chi connectivity index (χ3v) is 0. The van der Waals surface area contributed by atoms with Crippen LogP contribution in [0.25, 0.3) is 0 Å². The Labute approximate surface area is 57.2 Å². The normalized spacial score (nSPS) is 1.50. The summed E-state index contributed by atoms with van der Waals surface area (Å²) in [5, 5.41) is 0. The van der Waals surface area contributed by atoms with Crippen LogP contribution in [-0.2, 0) is 16.8 Å². The smallest absolute Gasteiger partial charge is 0 e. The fraction of sp³-hybridized carbons (Fsp3) is 0. The van der Waals surface area contributed by atoms with E-state index in [0.29, 0.717) is 0 Å². The van der Waals surface area contributed by atoms with Crippen molar-refractivity contribution in [2.45, 2.75) is 0 Å². The maximum Gasteiger partial charge on any atom is 0 e. The van der Waals surface area contributed by atoms with Gasteiger partial charge in [-0.1, -0.05) is 0 Å². The monoisotopic (exact) mass is 321 g/mol. The third kappa shape index (κ3) is 9.22. The molecule has 0 spiro atoms. The summed E-state index contributed by atoms with van der Waals surface area (Å²) < 4.78 is 0. The second-order valence-electron chi connectivity index (χ2n) is 0.